The van der Waals surface area contributed by atoms with Crippen LogP contribution in [0, 0.1) is 5.92 Å². The molecule has 0 aliphatic heterocycles. The second-order valence-electron chi connectivity index (χ2n) is 8.80. The molecule has 0 amide bonds. The zero-order chi connectivity index (χ0) is 22.0. The fraction of sp³-hybridized carbons (Fsp3) is 0.731. The van der Waals surface area contributed by atoms with Gasteiger partial charge in [-0.15, -0.1) is 0 Å². The molecule has 1 aromatic carbocycles. The van der Waals surface area contributed by atoms with Crippen LogP contribution in [0.3, 0.4) is 0 Å². The van der Waals surface area contributed by atoms with Gasteiger partial charge in [-0.3, -0.25) is 0 Å². The van der Waals surface area contributed by atoms with Crippen molar-refractivity contribution in [1.29, 1.82) is 0 Å². The summed E-state index contributed by atoms with van der Waals surface area (Å²) < 4.78 is 10.3. The van der Waals surface area contributed by atoms with Gasteiger partial charge in [0.2, 0.25) is 0 Å². The number of unbranched alkanes of at least 4 members (excludes halogenated alkanes) is 12. The van der Waals surface area contributed by atoms with Crippen molar-refractivity contribution >= 4 is 5.97 Å². The predicted octanol–water partition coefficient (Wildman–Crippen LogP) is 7.68. The Kier molecular flexibility index (Phi) is 14.9. The van der Waals surface area contributed by atoms with E-state index in [-0.39, 0.29) is 11.3 Å². The molecule has 30 heavy (non-hydrogen) atoms. The summed E-state index contributed by atoms with van der Waals surface area (Å²) in [7, 11) is 1.29. The van der Waals surface area contributed by atoms with Crippen molar-refractivity contribution in [3.05, 3.63) is 23.8 Å². The molecule has 0 spiro atoms. The average molecular weight is 421 g/mol. The van der Waals surface area contributed by atoms with Crippen LogP contribution in [0.4, 0.5) is 0 Å². The Bertz CT molecular complexity index is 568. The second-order valence-corrected chi connectivity index (χ2v) is 8.80. The summed E-state index contributed by atoms with van der Waals surface area (Å²) in [6.07, 6.45) is 18.7. The summed E-state index contributed by atoms with van der Waals surface area (Å²) in [5, 5.41) is 9.86. The maximum Gasteiger partial charge on any atom is 0.341 e. The molecule has 1 rings (SSSR count). The lowest BCUT2D eigenvalue weighted by Gasteiger charge is -2.08. The number of rotatable bonds is 18. The number of phenolic OH excluding ortho intramolecular Hbond substituents is 1. The van der Waals surface area contributed by atoms with Crippen molar-refractivity contribution in [3.63, 3.8) is 0 Å². The first kappa shape index (κ1) is 26.3. The Balaban J connectivity index is 1.89. The summed E-state index contributed by atoms with van der Waals surface area (Å²) in [5.41, 5.74) is 0.159. The molecule has 1 aromatic rings. The van der Waals surface area contributed by atoms with Crippen molar-refractivity contribution < 1.29 is 19.4 Å². The van der Waals surface area contributed by atoms with E-state index in [1.807, 2.05) is 0 Å². The molecule has 0 aliphatic carbocycles. The van der Waals surface area contributed by atoms with Gasteiger partial charge in [-0.05, 0) is 24.5 Å². The Morgan fingerprint density at radius 1 is 0.833 bits per heavy atom. The smallest absolute Gasteiger partial charge is 0.341 e. The van der Waals surface area contributed by atoms with Crippen LogP contribution in [0.15, 0.2) is 18.2 Å². The Morgan fingerprint density at radius 3 is 1.80 bits per heavy atom. The molecule has 0 heterocycles. The fourth-order valence-electron chi connectivity index (χ4n) is 3.67. The van der Waals surface area contributed by atoms with Crippen molar-refractivity contribution in [1.82, 2.24) is 0 Å². The van der Waals surface area contributed by atoms with E-state index >= 15 is 0 Å². The van der Waals surface area contributed by atoms with Crippen LogP contribution >= 0.6 is 0 Å². The van der Waals surface area contributed by atoms with E-state index in [0.29, 0.717) is 12.4 Å². The van der Waals surface area contributed by atoms with E-state index in [4.69, 9.17) is 4.74 Å². The maximum absolute atomic E-state index is 11.4. The summed E-state index contributed by atoms with van der Waals surface area (Å²) in [5.74, 6) is 0.792. The summed E-state index contributed by atoms with van der Waals surface area (Å²) in [4.78, 5) is 11.4. The van der Waals surface area contributed by atoms with Gasteiger partial charge in [0.15, 0.2) is 0 Å². The van der Waals surface area contributed by atoms with Gasteiger partial charge >= 0.3 is 5.97 Å². The molecule has 0 unspecified atom stereocenters. The molecule has 4 heteroatoms. The average Bonchev–Trinajstić information content (AvgIpc) is 2.72. The maximum atomic E-state index is 11.4. The van der Waals surface area contributed by atoms with Crippen molar-refractivity contribution in [2.45, 2.75) is 104 Å². The summed E-state index contributed by atoms with van der Waals surface area (Å²) in [6.45, 7) is 5.26. The normalized spacial score (nSPS) is 11.1. The number of aromatic hydroxyl groups is 1. The predicted molar refractivity (Wildman–Crippen MR) is 124 cm³/mol. The minimum atomic E-state index is -0.545. The number of carbonyl (C=O) groups excluding carboxylic acids is 1. The van der Waals surface area contributed by atoms with E-state index in [9.17, 15) is 9.90 Å². The molecular formula is C26H44O4. The fourth-order valence-corrected chi connectivity index (χ4v) is 3.67. The third-order valence-electron chi connectivity index (χ3n) is 5.57. The van der Waals surface area contributed by atoms with Gasteiger partial charge in [0.25, 0.3) is 0 Å². The zero-order valence-corrected chi connectivity index (χ0v) is 19.6. The first-order chi connectivity index (χ1) is 14.5. The SMILES string of the molecule is COC(=O)c1ccc(OCCCCCCCCCCCCCCCC(C)C)cc1O. The quantitative estimate of drug-likeness (QED) is 0.195. The van der Waals surface area contributed by atoms with Crippen LogP contribution < -0.4 is 4.74 Å². The highest BCUT2D eigenvalue weighted by Gasteiger charge is 2.11. The molecule has 0 radical (unpaired) electrons. The third kappa shape index (κ3) is 12.8. The molecule has 0 fully saturated rings. The number of benzene rings is 1. The van der Waals surface area contributed by atoms with Gasteiger partial charge in [-0.2, -0.15) is 0 Å². The minimum absolute atomic E-state index is 0.106. The van der Waals surface area contributed by atoms with Gasteiger partial charge in [-0.1, -0.05) is 97.3 Å². The minimum Gasteiger partial charge on any atom is -0.507 e. The van der Waals surface area contributed by atoms with Crippen LogP contribution in [0.5, 0.6) is 11.5 Å². The number of methoxy groups -OCH3 is 1. The Morgan fingerprint density at radius 2 is 1.33 bits per heavy atom. The van der Waals surface area contributed by atoms with Gasteiger partial charge in [0.1, 0.15) is 17.1 Å². The number of hydrogen-bond donors (Lipinski definition) is 1. The molecular weight excluding hydrogens is 376 g/mol. The van der Waals surface area contributed by atoms with Crippen LogP contribution in [-0.2, 0) is 4.74 Å². The van der Waals surface area contributed by atoms with E-state index in [0.717, 1.165) is 12.3 Å². The van der Waals surface area contributed by atoms with Gasteiger partial charge in [0.05, 0.1) is 13.7 Å². The second kappa shape index (κ2) is 17.0. The highest BCUT2D eigenvalue weighted by atomic mass is 16.5. The van der Waals surface area contributed by atoms with Gasteiger partial charge in [0, 0.05) is 6.07 Å². The Labute approximate surface area is 184 Å². The largest absolute Gasteiger partial charge is 0.507 e. The highest BCUT2D eigenvalue weighted by molar-refractivity contribution is 5.92. The summed E-state index contributed by atoms with van der Waals surface area (Å²) >= 11 is 0. The monoisotopic (exact) mass is 420 g/mol. The van der Waals surface area contributed by atoms with E-state index in [1.54, 1.807) is 6.07 Å². The number of phenols is 1. The van der Waals surface area contributed by atoms with Crippen molar-refractivity contribution in [2.75, 3.05) is 13.7 Å². The molecule has 0 saturated heterocycles. The van der Waals surface area contributed by atoms with Crippen molar-refractivity contribution in [2.24, 2.45) is 5.92 Å². The zero-order valence-electron chi connectivity index (χ0n) is 19.6. The molecule has 0 saturated carbocycles. The number of hydrogen-bond acceptors (Lipinski definition) is 4. The van der Waals surface area contributed by atoms with Crippen LogP contribution in [-0.4, -0.2) is 24.8 Å². The summed E-state index contributed by atoms with van der Waals surface area (Å²) in [6, 6.07) is 4.69. The lowest BCUT2D eigenvalue weighted by Crippen LogP contribution is -2.02. The molecule has 0 bridgehead atoms. The lowest BCUT2D eigenvalue weighted by atomic mass is 10.0. The highest BCUT2D eigenvalue weighted by Crippen LogP contribution is 2.24. The van der Waals surface area contributed by atoms with E-state index in [1.165, 1.54) is 103 Å². The number of carbonyl (C=O) groups is 1. The number of ether oxygens (including phenoxy) is 2. The van der Waals surface area contributed by atoms with Crippen LogP contribution in [0.2, 0.25) is 0 Å². The van der Waals surface area contributed by atoms with Gasteiger partial charge < -0.3 is 14.6 Å². The molecule has 0 aliphatic rings. The first-order valence-electron chi connectivity index (χ1n) is 12.1. The molecule has 1 N–H and O–H groups in total. The Hall–Kier alpha value is -1.71. The van der Waals surface area contributed by atoms with Crippen LogP contribution in [0.1, 0.15) is 114 Å². The lowest BCUT2D eigenvalue weighted by molar-refractivity contribution is 0.0597. The standard InChI is InChI=1S/C26H44O4/c1-22(2)17-15-13-11-9-7-5-4-6-8-10-12-14-16-20-30-23-18-19-24(25(27)21-23)26(28)29-3/h18-19,21-22,27H,4-17,20H2,1-3H3. The number of esters is 1. The molecule has 0 aromatic heterocycles. The molecule has 172 valence electrons. The molecule has 0 atom stereocenters. The van der Waals surface area contributed by atoms with E-state index < -0.39 is 5.97 Å². The van der Waals surface area contributed by atoms with E-state index in [2.05, 4.69) is 18.6 Å². The third-order valence-corrected chi connectivity index (χ3v) is 5.57. The van der Waals surface area contributed by atoms with Gasteiger partial charge in [-0.25, -0.2) is 4.79 Å². The molecule has 4 nitrogen and oxygen atoms in total. The first-order valence-corrected chi connectivity index (χ1v) is 12.1. The van der Waals surface area contributed by atoms with Crippen LogP contribution in [0.25, 0.3) is 0 Å². The topological polar surface area (TPSA) is 55.8 Å². The van der Waals surface area contributed by atoms with Crippen molar-refractivity contribution in [3.8, 4) is 11.5 Å².